The van der Waals surface area contributed by atoms with E-state index in [9.17, 15) is 17.6 Å². The summed E-state index contributed by atoms with van der Waals surface area (Å²) in [6.45, 7) is -0.216. The van der Waals surface area contributed by atoms with E-state index in [1.54, 1.807) is 54.6 Å². The third kappa shape index (κ3) is 4.13. The molecule has 0 spiro atoms. The second-order valence-electron chi connectivity index (χ2n) is 6.82. The van der Waals surface area contributed by atoms with Crippen molar-refractivity contribution < 1.29 is 22.3 Å². The number of nitrogens with zero attached hydrogens (tertiary/aromatic N) is 1. The van der Waals surface area contributed by atoms with E-state index in [2.05, 4.69) is 5.32 Å². The first-order chi connectivity index (χ1) is 14.4. The number of benzene rings is 3. The number of carbonyl (C=O) groups is 1. The van der Waals surface area contributed by atoms with Crippen LogP contribution in [0.15, 0.2) is 78.9 Å². The van der Waals surface area contributed by atoms with Gasteiger partial charge in [0, 0.05) is 0 Å². The van der Waals surface area contributed by atoms with Gasteiger partial charge in [0.1, 0.15) is 11.6 Å². The van der Waals surface area contributed by atoms with Gasteiger partial charge in [-0.25, -0.2) is 12.8 Å². The third-order valence-electron chi connectivity index (χ3n) is 4.69. The topological polar surface area (TPSA) is 75.7 Å². The van der Waals surface area contributed by atoms with Gasteiger partial charge in [0.25, 0.3) is 5.91 Å². The molecule has 0 fully saturated rings. The lowest BCUT2D eigenvalue weighted by molar-refractivity contribution is -0.122. The van der Waals surface area contributed by atoms with E-state index < -0.39 is 27.9 Å². The van der Waals surface area contributed by atoms with Crippen molar-refractivity contribution in [2.24, 2.45) is 0 Å². The molecule has 0 radical (unpaired) electrons. The van der Waals surface area contributed by atoms with Crippen LogP contribution < -0.4 is 14.4 Å². The normalized spacial score (nSPS) is 15.8. The number of amides is 1. The molecule has 0 bridgehead atoms. The molecule has 1 heterocycles. The van der Waals surface area contributed by atoms with E-state index in [0.717, 1.165) is 0 Å². The number of hydrogen-bond acceptors (Lipinski definition) is 4. The molecule has 1 N–H and O–H groups in total. The highest BCUT2D eigenvalue weighted by Crippen LogP contribution is 2.36. The summed E-state index contributed by atoms with van der Waals surface area (Å²) in [5.41, 5.74) is 1.00. The fraction of sp³-hybridized carbons (Fsp3) is 0.136. The van der Waals surface area contributed by atoms with Crippen LogP contribution in [0.1, 0.15) is 5.56 Å². The monoisotopic (exact) mass is 426 g/mol. The molecule has 30 heavy (non-hydrogen) atoms. The summed E-state index contributed by atoms with van der Waals surface area (Å²) in [4.78, 5) is 12.7. The first-order valence-electron chi connectivity index (χ1n) is 9.29. The minimum atomic E-state index is -3.80. The molecule has 4 rings (SSSR count). The molecule has 0 aliphatic carbocycles. The standard InChI is InChI=1S/C22H19FN2O4S/c23-17-10-4-5-11-18(17)24-22(26)21-14-25(19-12-6-7-13-20(19)29-21)30(27,28)15-16-8-2-1-3-9-16/h1-13,21H,14-15H2,(H,24,26)/t21-/m1/s1. The van der Waals surface area contributed by atoms with Crippen molar-refractivity contribution in [1.29, 1.82) is 0 Å². The number of para-hydroxylation sites is 3. The summed E-state index contributed by atoms with van der Waals surface area (Å²) in [7, 11) is -3.80. The smallest absolute Gasteiger partial charge is 0.267 e. The summed E-state index contributed by atoms with van der Waals surface area (Å²) in [6, 6.07) is 21.2. The molecule has 0 aromatic heterocycles. The van der Waals surface area contributed by atoms with Crippen LogP contribution in [0.5, 0.6) is 5.75 Å². The maximum Gasteiger partial charge on any atom is 0.267 e. The van der Waals surface area contributed by atoms with Crippen molar-refractivity contribution in [3.05, 3.63) is 90.2 Å². The molecule has 1 aliphatic heterocycles. The molecule has 1 atom stereocenters. The van der Waals surface area contributed by atoms with E-state index in [-0.39, 0.29) is 23.7 Å². The average molecular weight is 426 g/mol. The van der Waals surface area contributed by atoms with Gasteiger partial charge >= 0.3 is 0 Å². The SMILES string of the molecule is O=C(Nc1ccccc1F)[C@H]1CN(S(=O)(=O)Cc2ccccc2)c2ccccc2O1. The Morgan fingerprint density at radius 3 is 2.43 bits per heavy atom. The van der Waals surface area contributed by atoms with Crippen LogP contribution in [0.25, 0.3) is 0 Å². The Labute approximate surface area is 174 Å². The molecule has 1 amide bonds. The molecular formula is C22H19FN2O4S. The van der Waals surface area contributed by atoms with Gasteiger partial charge in [-0.05, 0) is 29.8 Å². The minimum Gasteiger partial charge on any atom is -0.476 e. The first kappa shape index (κ1) is 19.9. The molecule has 3 aromatic carbocycles. The van der Waals surface area contributed by atoms with Crippen LogP contribution in [0, 0.1) is 5.82 Å². The maximum atomic E-state index is 13.9. The van der Waals surface area contributed by atoms with Crippen LogP contribution in [0.2, 0.25) is 0 Å². The Morgan fingerprint density at radius 2 is 1.67 bits per heavy atom. The van der Waals surface area contributed by atoms with Crippen molar-refractivity contribution in [1.82, 2.24) is 0 Å². The Hall–Kier alpha value is -3.39. The maximum absolute atomic E-state index is 13.9. The highest BCUT2D eigenvalue weighted by Gasteiger charge is 2.36. The van der Waals surface area contributed by atoms with Gasteiger partial charge in [-0.2, -0.15) is 0 Å². The Balaban J connectivity index is 1.62. The Bertz CT molecular complexity index is 1170. The fourth-order valence-corrected chi connectivity index (χ4v) is 4.82. The highest BCUT2D eigenvalue weighted by atomic mass is 32.2. The first-order valence-corrected chi connectivity index (χ1v) is 10.9. The van der Waals surface area contributed by atoms with Gasteiger partial charge in [0.2, 0.25) is 10.0 Å². The third-order valence-corrected chi connectivity index (χ3v) is 6.40. The summed E-state index contributed by atoms with van der Waals surface area (Å²) >= 11 is 0. The molecule has 8 heteroatoms. The molecule has 0 saturated heterocycles. The van der Waals surface area contributed by atoms with E-state index in [0.29, 0.717) is 11.3 Å². The molecule has 1 aliphatic rings. The number of sulfonamides is 1. The number of halogens is 1. The quantitative estimate of drug-likeness (QED) is 0.677. The summed E-state index contributed by atoms with van der Waals surface area (Å²) in [6.07, 6.45) is -1.13. The summed E-state index contributed by atoms with van der Waals surface area (Å²) < 4.78 is 47.2. The van der Waals surface area contributed by atoms with Crippen LogP contribution in [0.4, 0.5) is 15.8 Å². The number of hydrogen-bond donors (Lipinski definition) is 1. The molecule has 3 aromatic rings. The van der Waals surface area contributed by atoms with E-state index in [1.807, 2.05) is 6.07 Å². The van der Waals surface area contributed by atoms with Crippen molar-refractivity contribution in [3.8, 4) is 5.75 Å². The molecule has 6 nitrogen and oxygen atoms in total. The molecule has 0 unspecified atom stereocenters. The lowest BCUT2D eigenvalue weighted by Gasteiger charge is -2.34. The fourth-order valence-electron chi connectivity index (χ4n) is 3.24. The number of fused-ring (bicyclic) bond motifs is 1. The predicted octanol–water partition coefficient (Wildman–Crippen LogP) is 3.56. The van der Waals surface area contributed by atoms with Crippen LogP contribution in [0.3, 0.4) is 0 Å². The number of nitrogens with one attached hydrogen (secondary N) is 1. The highest BCUT2D eigenvalue weighted by molar-refractivity contribution is 7.92. The minimum absolute atomic E-state index is 0.00338. The van der Waals surface area contributed by atoms with Gasteiger partial charge in [-0.1, -0.05) is 54.6 Å². The zero-order valence-corrected chi connectivity index (χ0v) is 16.7. The van der Waals surface area contributed by atoms with E-state index in [4.69, 9.17) is 4.74 Å². The van der Waals surface area contributed by atoms with Crippen LogP contribution >= 0.6 is 0 Å². The lowest BCUT2D eigenvalue weighted by Crippen LogP contribution is -2.49. The van der Waals surface area contributed by atoms with Gasteiger partial charge in [-0.3, -0.25) is 9.10 Å². The Morgan fingerprint density at radius 1 is 1.00 bits per heavy atom. The van der Waals surface area contributed by atoms with Crippen molar-refractivity contribution >= 4 is 27.3 Å². The van der Waals surface area contributed by atoms with Gasteiger partial charge in [-0.15, -0.1) is 0 Å². The van der Waals surface area contributed by atoms with E-state index >= 15 is 0 Å². The number of anilines is 2. The predicted molar refractivity (Wildman–Crippen MR) is 112 cm³/mol. The molecular weight excluding hydrogens is 407 g/mol. The summed E-state index contributed by atoms with van der Waals surface area (Å²) in [5.74, 6) is -1.16. The van der Waals surface area contributed by atoms with Crippen molar-refractivity contribution in [2.75, 3.05) is 16.2 Å². The Kier molecular flexibility index (Phi) is 5.41. The second kappa shape index (κ2) is 8.16. The van der Waals surface area contributed by atoms with Crippen LogP contribution in [-0.2, 0) is 20.6 Å². The number of rotatable bonds is 5. The average Bonchev–Trinajstić information content (AvgIpc) is 2.75. The number of carbonyl (C=O) groups excluding carboxylic acids is 1. The largest absolute Gasteiger partial charge is 0.476 e. The zero-order chi connectivity index (χ0) is 21.1. The van der Waals surface area contributed by atoms with Crippen molar-refractivity contribution in [2.45, 2.75) is 11.9 Å². The van der Waals surface area contributed by atoms with E-state index in [1.165, 1.54) is 22.5 Å². The molecule has 0 saturated carbocycles. The van der Waals surface area contributed by atoms with Gasteiger partial charge in [0.05, 0.1) is 23.7 Å². The van der Waals surface area contributed by atoms with Gasteiger partial charge < -0.3 is 10.1 Å². The molecule has 154 valence electrons. The summed E-state index contributed by atoms with van der Waals surface area (Å²) in [5, 5.41) is 2.47. The zero-order valence-electron chi connectivity index (χ0n) is 15.9. The lowest BCUT2D eigenvalue weighted by atomic mass is 10.2. The number of ether oxygens (including phenoxy) is 1. The van der Waals surface area contributed by atoms with Gasteiger partial charge in [0.15, 0.2) is 6.10 Å². The van der Waals surface area contributed by atoms with Crippen molar-refractivity contribution in [3.63, 3.8) is 0 Å². The second-order valence-corrected chi connectivity index (χ2v) is 8.71. The van der Waals surface area contributed by atoms with Crippen LogP contribution in [-0.4, -0.2) is 27.0 Å².